The zero-order valence-electron chi connectivity index (χ0n) is 11.4. The van der Waals surface area contributed by atoms with E-state index in [0.717, 1.165) is 13.0 Å². The van der Waals surface area contributed by atoms with Crippen LogP contribution in [0.15, 0.2) is 4.52 Å². The minimum absolute atomic E-state index is 0.171. The van der Waals surface area contributed by atoms with Gasteiger partial charge in [0.2, 0.25) is 5.91 Å². The zero-order valence-corrected chi connectivity index (χ0v) is 11.4. The topological polar surface area (TPSA) is 75.4 Å². The van der Waals surface area contributed by atoms with Crippen molar-refractivity contribution in [3.63, 3.8) is 0 Å². The average Bonchev–Trinajstić information content (AvgIpc) is 2.96. The Kier molecular flexibility index (Phi) is 4.19. The number of hydrogen-bond acceptors (Lipinski definition) is 4. The number of amides is 2. The van der Waals surface area contributed by atoms with Gasteiger partial charge in [0, 0.05) is 26.1 Å². The molecule has 0 radical (unpaired) electrons. The molecular weight excluding hydrogens is 246 g/mol. The summed E-state index contributed by atoms with van der Waals surface area (Å²) >= 11 is 0. The van der Waals surface area contributed by atoms with Crippen molar-refractivity contribution in [2.75, 3.05) is 19.6 Å². The molecule has 6 nitrogen and oxygen atoms in total. The van der Waals surface area contributed by atoms with Crippen molar-refractivity contribution in [2.45, 2.75) is 33.1 Å². The van der Waals surface area contributed by atoms with Gasteiger partial charge in [-0.2, -0.15) is 0 Å². The van der Waals surface area contributed by atoms with Crippen LogP contribution in [-0.4, -0.2) is 41.5 Å². The zero-order chi connectivity index (χ0) is 13.8. The third kappa shape index (κ3) is 2.94. The number of aryl methyl sites for hydroxylation is 2. The fourth-order valence-electron chi connectivity index (χ4n) is 2.28. The number of aromatic nitrogens is 1. The van der Waals surface area contributed by atoms with Crippen LogP contribution in [0.25, 0.3) is 0 Å². The van der Waals surface area contributed by atoms with Crippen LogP contribution in [0.1, 0.15) is 41.6 Å². The summed E-state index contributed by atoms with van der Waals surface area (Å²) in [6.07, 6.45) is 2.20. The summed E-state index contributed by atoms with van der Waals surface area (Å²) in [6, 6.07) is 0. The van der Waals surface area contributed by atoms with E-state index in [0.29, 0.717) is 42.9 Å². The Balaban J connectivity index is 1.87. The Morgan fingerprint density at radius 1 is 1.53 bits per heavy atom. The average molecular weight is 265 g/mol. The molecule has 104 valence electrons. The first kappa shape index (κ1) is 13.6. The molecule has 19 heavy (non-hydrogen) atoms. The lowest BCUT2D eigenvalue weighted by molar-refractivity contribution is -0.127. The molecule has 1 aliphatic heterocycles. The minimum atomic E-state index is -0.178. The van der Waals surface area contributed by atoms with Crippen LogP contribution < -0.4 is 5.32 Å². The smallest absolute Gasteiger partial charge is 0.256 e. The highest BCUT2D eigenvalue weighted by Crippen LogP contribution is 2.13. The van der Waals surface area contributed by atoms with Gasteiger partial charge in [0.1, 0.15) is 11.3 Å². The quantitative estimate of drug-likeness (QED) is 0.858. The van der Waals surface area contributed by atoms with Crippen LogP contribution >= 0.6 is 0 Å². The van der Waals surface area contributed by atoms with Crippen LogP contribution in [0.4, 0.5) is 0 Å². The van der Waals surface area contributed by atoms with E-state index in [1.54, 1.807) is 11.8 Å². The van der Waals surface area contributed by atoms with Gasteiger partial charge in [-0.05, 0) is 19.8 Å². The van der Waals surface area contributed by atoms with Gasteiger partial charge in [-0.3, -0.25) is 9.59 Å². The molecule has 1 aromatic rings. The Bertz CT molecular complexity index is 481. The molecule has 0 unspecified atom stereocenters. The molecular formula is C13H19N3O3. The summed E-state index contributed by atoms with van der Waals surface area (Å²) < 4.78 is 5.03. The molecule has 6 heteroatoms. The van der Waals surface area contributed by atoms with E-state index in [9.17, 15) is 9.59 Å². The molecule has 1 saturated heterocycles. The van der Waals surface area contributed by atoms with Crippen molar-refractivity contribution in [1.29, 1.82) is 0 Å². The van der Waals surface area contributed by atoms with Gasteiger partial charge in [-0.1, -0.05) is 12.1 Å². The second kappa shape index (κ2) is 5.86. The molecule has 2 amide bonds. The van der Waals surface area contributed by atoms with Gasteiger partial charge in [0.15, 0.2) is 0 Å². The summed E-state index contributed by atoms with van der Waals surface area (Å²) in [5, 5.41) is 6.67. The van der Waals surface area contributed by atoms with Gasteiger partial charge < -0.3 is 14.7 Å². The van der Waals surface area contributed by atoms with Crippen molar-refractivity contribution >= 4 is 11.8 Å². The summed E-state index contributed by atoms with van der Waals surface area (Å²) in [5.41, 5.74) is 1.20. The van der Waals surface area contributed by atoms with Crippen LogP contribution in [-0.2, 0) is 11.2 Å². The highest BCUT2D eigenvalue weighted by molar-refractivity contribution is 5.96. The Hall–Kier alpha value is -1.85. The Morgan fingerprint density at radius 3 is 2.95 bits per heavy atom. The van der Waals surface area contributed by atoms with Crippen LogP contribution in [0.3, 0.4) is 0 Å². The van der Waals surface area contributed by atoms with Crippen molar-refractivity contribution in [3.05, 3.63) is 17.0 Å². The lowest BCUT2D eigenvalue weighted by atomic mass is 10.1. The maximum absolute atomic E-state index is 12.0. The normalized spacial score (nSPS) is 15.1. The Morgan fingerprint density at radius 2 is 2.32 bits per heavy atom. The van der Waals surface area contributed by atoms with E-state index < -0.39 is 0 Å². The maximum atomic E-state index is 12.0. The van der Waals surface area contributed by atoms with Crippen molar-refractivity contribution < 1.29 is 14.1 Å². The molecule has 0 aliphatic carbocycles. The maximum Gasteiger partial charge on any atom is 0.256 e. The number of rotatable bonds is 5. The van der Waals surface area contributed by atoms with E-state index in [1.165, 1.54) is 0 Å². The van der Waals surface area contributed by atoms with E-state index in [2.05, 4.69) is 10.5 Å². The van der Waals surface area contributed by atoms with Crippen molar-refractivity contribution in [3.8, 4) is 0 Å². The lowest BCUT2D eigenvalue weighted by Gasteiger charge is -2.15. The fourth-order valence-corrected chi connectivity index (χ4v) is 2.28. The highest BCUT2D eigenvalue weighted by atomic mass is 16.5. The first-order valence-electron chi connectivity index (χ1n) is 6.64. The molecule has 2 heterocycles. The molecule has 0 aromatic carbocycles. The molecule has 2 rings (SSSR count). The fraction of sp³-hybridized carbons (Fsp3) is 0.615. The number of nitrogens with one attached hydrogen (secondary N) is 1. The number of carbonyl (C=O) groups is 2. The van der Waals surface area contributed by atoms with Gasteiger partial charge in [-0.15, -0.1) is 0 Å². The van der Waals surface area contributed by atoms with Gasteiger partial charge in [0.05, 0.1) is 5.69 Å². The van der Waals surface area contributed by atoms with Crippen LogP contribution in [0.5, 0.6) is 0 Å². The second-order valence-electron chi connectivity index (χ2n) is 4.65. The first-order valence-corrected chi connectivity index (χ1v) is 6.64. The van der Waals surface area contributed by atoms with Crippen molar-refractivity contribution in [1.82, 2.24) is 15.4 Å². The van der Waals surface area contributed by atoms with E-state index in [-0.39, 0.29) is 11.8 Å². The van der Waals surface area contributed by atoms with E-state index >= 15 is 0 Å². The summed E-state index contributed by atoms with van der Waals surface area (Å²) in [7, 11) is 0. The third-order valence-electron chi connectivity index (χ3n) is 3.33. The largest absolute Gasteiger partial charge is 0.361 e. The van der Waals surface area contributed by atoms with Gasteiger partial charge in [0.25, 0.3) is 5.91 Å². The van der Waals surface area contributed by atoms with Gasteiger partial charge in [-0.25, -0.2) is 0 Å². The summed E-state index contributed by atoms with van der Waals surface area (Å²) in [6.45, 7) is 5.47. The van der Waals surface area contributed by atoms with E-state index in [1.807, 2.05) is 6.92 Å². The molecule has 1 aliphatic rings. The molecule has 0 atom stereocenters. The predicted molar refractivity (Wildman–Crippen MR) is 68.8 cm³/mol. The predicted octanol–water partition coefficient (Wildman–Crippen LogP) is 0.898. The van der Waals surface area contributed by atoms with Gasteiger partial charge >= 0.3 is 0 Å². The SMILES string of the molecule is CCc1noc(C)c1C(=O)NCCN1CCCC1=O. The van der Waals surface area contributed by atoms with Crippen LogP contribution in [0.2, 0.25) is 0 Å². The number of likely N-dealkylation sites (tertiary alicyclic amines) is 1. The standard InChI is InChI=1S/C13H19N3O3/c1-3-10-12(9(2)19-15-10)13(18)14-6-8-16-7-4-5-11(16)17/h3-8H2,1-2H3,(H,14,18). The molecule has 1 fully saturated rings. The Labute approximate surface area is 112 Å². The number of carbonyl (C=O) groups excluding carboxylic acids is 2. The summed E-state index contributed by atoms with van der Waals surface area (Å²) in [5.74, 6) is 0.526. The molecule has 1 aromatic heterocycles. The highest BCUT2D eigenvalue weighted by Gasteiger charge is 2.21. The summed E-state index contributed by atoms with van der Waals surface area (Å²) in [4.78, 5) is 25.2. The molecule has 0 bridgehead atoms. The van der Waals surface area contributed by atoms with Crippen molar-refractivity contribution in [2.24, 2.45) is 0 Å². The molecule has 1 N–H and O–H groups in total. The molecule has 0 saturated carbocycles. The lowest BCUT2D eigenvalue weighted by Crippen LogP contribution is -2.35. The van der Waals surface area contributed by atoms with E-state index in [4.69, 9.17) is 4.52 Å². The van der Waals surface area contributed by atoms with Crippen LogP contribution in [0, 0.1) is 6.92 Å². The number of hydrogen-bond donors (Lipinski definition) is 1. The first-order chi connectivity index (χ1) is 9.13. The second-order valence-corrected chi connectivity index (χ2v) is 4.65. The molecule has 0 spiro atoms. The third-order valence-corrected chi connectivity index (χ3v) is 3.33. The number of nitrogens with zero attached hydrogens (tertiary/aromatic N) is 2. The monoisotopic (exact) mass is 265 g/mol. The minimum Gasteiger partial charge on any atom is -0.361 e.